The van der Waals surface area contributed by atoms with E-state index in [0.717, 1.165) is 5.56 Å². The molecule has 1 aromatic rings. The molecule has 0 atom stereocenters. The van der Waals surface area contributed by atoms with Gasteiger partial charge >= 0.3 is 5.97 Å². The van der Waals surface area contributed by atoms with E-state index in [-0.39, 0.29) is 44.2 Å². The van der Waals surface area contributed by atoms with Crippen LogP contribution in [0.4, 0.5) is 0 Å². The Morgan fingerprint density at radius 3 is 2.15 bits per heavy atom. The van der Waals surface area contributed by atoms with Crippen molar-refractivity contribution in [3.05, 3.63) is 35.9 Å². The number of hydrogen-bond acceptors (Lipinski definition) is 3. The number of carboxylic acid groups (broad SMARTS) is 1. The molecule has 0 spiro atoms. The minimum absolute atomic E-state index is 0.103. The number of hydrogen-bond donors (Lipinski definition) is 3. The molecular formula is C14H18N2O4. The second-order valence-electron chi connectivity index (χ2n) is 4.26. The molecule has 0 bridgehead atoms. The summed E-state index contributed by atoms with van der Waals surface area (Å²) in [5.41, 5.74) is 0.913. The van der Waals surface area contributed by atoms with E-state index in [2.05, 4.69) is 10.6 Å². The normalized spacial score (nSPS) is 9.80. The number of carbonyl (C=O) groups excluding carboxylic acids is 2. The molecule has 0 saturated heterocycles. The number of carboxylic acids is 1. The van der Waals surface area contributed by atoms with Crippen LogP contribution >= 0.6 is 0 Å². The van der Waals surface area contributed by atoms with Gasteiger partial charge < -0.3 is 15.7 Å². The van der Waals surface area contributed by atoms with Crippen LogP contribution < -0.4 is 10.6 Å². The van der Waals surface area contributed by atoms with Gasteiger partial charge in [0.2, 0.25) is 11.8 Å². The Morgan fingerprint density at radius 2 is 1.50 bits per heavy atom. The van der Waals surface area contributed by atoms with Gasteiger partial charge in [-0.1, -0.05) is 30.3 Å². The Labute approximate surface area is 117 Å². The summed E-state index contributed by atoms with van der Waals surface area (Å²) in [5.74, 6) is -1.37. The quantitative estimate of drug-likeness (QED) is 0.638. The first kappa shape index (κ1) is 15.7. The molecule has 0 aliphatic rings. The predicted octanol–water partition coefficient (Wildman–Crippen LogP) is 0.326. The highest BCUT2D eigenvalue weighted by Gasteiger charge is 2.05. The Hall–Kier alpha value is -2.37. The Kier molecular flexibility index (Phi) is 6.81. The first-order valence-electron chi connectivity index (χ1n) is 6.37. The highest BCUT2D eigenvalue weighted by molar-refractivity contribution is 5.80. The fraction of sp³-hybridized carbons (Fsp3) is 0.357. The maximum Gasteiger partial charge on any atom is 0.305 e. The molecule has 6 nitrogen and oxygen atoms in total. The zero-order valence-electron chi connectivity index (χ0n) is 11.1. The topological polar surface area (TPSA) is 95.5 Å². The highest BCUT2D eigenvalue weighted by Crippen LogP contribution is 1.98. The third-order valence-electron chi connectivity index (χ3n) is 2.54. The van der Waals surface area contributed by atoms with Crippen LogP contribution in [0.2, 0.25) is 0 Å². The van der Waals surface area contributed by atoms with Crippen molar-refractivity contribution in [1.29, 1.82) is 0 Å². The second-order valence-corrected chi connectivity index (χ2v) is 4.26. The van der Waals surface area contributed by atoms with Crippen molar-refractivity contribution in [2.45, 2.75) is 19.3 Å². The van der Waals surface area contributed by atoms with Crippen LogP contribution in [0.3, 0.4) is 0 Å². The number of carbonyl (C=O) groups is 3. The van der Waals surface area contributed by atoms with Gasteiger partial charge in [0.25, 0.3) is 0 Å². The van der Waals surface area contributed by atoms with E-state index in [9.17, 15) is 14.4 Å². The fourth-order valence-corrected chi connectivity index (χ4v) is 1.56. The van der Waals surface area contributed by atoms with Crippen LogP contribution in [0.5, 0.6) is 0 Å². The SMILES string of the molecule is O=C(O)CCNC(=O)CCNC(=O)Cc1ccccc1. The lowest BCUT2D eigenvalue weighted by Crippen LogP contribution is -2.32. The number of aliphatic carboxylic acids is 1. The minimum Gasteiger partial charge on any atom is -0.481 e. The summed E-state index contributed by atoms with van der Waals surface area (Å²) < 4.78 is 0. The van der Waals surface area contributed by atoms with E-state index in [1.807, 2.05) is 30.3 Å². The molecule has 6 heteroatoms. The Bertz CT molecular complexity index is 460. The lowest BCUT2D eigenvalue weighted by Gasteiger charge is -2.06. The standard InChI is InChI=1S/C14H18N2O4/c17-12(15-9-7-14(19)20)6-8-16-13(18)10-11-4-2-1-3-5-11/h1-5H,6-10H2,(H,15,17)(H,16,18)(H,19,20). The molecule has 0 fully saturated rings. The monoisotopic (exact) mass is 278 g/mol. The predicted molar refractivity (Wildman–Crippen MR) is 73.0 cm³/mol. The van der Waals surface area contributed by atoms with Crippen LogP contribution in [-0.2, 0) is 20.8 Å². The van der Waals surface area contributed by atoms with E-state index in [4.69, 9.17) is 5.11 Å². The molecule has 0 aromatic heterocycles. The lowest BCUT2D eigenvalue weighted by atomic mass is 10.1. The largest absolute Gasteiger partial charge is 0.481 e. The summed E-state index contributed by atoms with van der Waals surface area (Å²) in [4.78, 5) is 33.1. The molecule has 20 heavy (non-hydrogen) atoms. The number of benzene rings is 1. The van der Waals surface area contributed by atoms with Crippen molar-refractivity contribution in [2.24, 2.45) is 0 Å². The molecule has 1 aromatic carbocycles. The zero-order chi connectivity index (χ0) is 14.8. The Morgan fingerprint density at radius 1 is 0.900 bits per heavy atom. The Balaban J connectivity index is 2.12. The van der Waals surface area contributed by atoms with E-state index in [1.54, 1.807) is 0 Å². The molecule has 3 N–H and O–H groups in total. The molecule has 0 radical (unpaired) electrons. The number of nitrogens with one attached hydrogen (secondary N) is 2. The molecule has 1 rings (SSSR count). The molecule has 0 aliphatic heterocycles. The number of amides is 2. The third kappa shape index (κ3) is 7.15. The average molecular weight is 278 g/mol. The van der Waals surface area contributed by atoms with Crippen molar-refractivity contribution in [2.75, 3.05) is 13.1 Å². The van der Waals surface area contributed by atoms with Crippen LogP contribution in [0.25, 0.3) is 0 Å². The fourth-order valence-electron chi connectivity index (χ4n) is 1.56. The second kappa shape index (κ2) is 8.68. The van der Waals surface area contributed by atoms with Crippen LogP contribution in [0.1, 0.15) is 18.4 Å². The van der Waals surface area contributed by atoms with Crippen molar-refractivity contribution >= 4 is 17.8 Å². The van der Waals surface area contributed by atoms with E-state index < -0.39 is 5.97 Å². The molecule has 0 aliphatic carbocycles. The van der Waals surface area contributed by atoms with Crippen molar-refractivity contribution in [3.63, 3.8) is 0 Å². The first-order valence-corrected chi connectivity index (χ1v) is 6.37. The van der Waals surface area contributed by atoms with Gasteiger partial charge in [-0.2, -0.15) is 0 Å². The maximum absolute atomic E-state index is 11.6. The average Bonchev–Trinajstić information content (AvgIpc) is 2.39. The summed E-state index contributed by atoms with van der Waals surface area (Å²) in [7, 11) is 0. The minimum atomic E-state index is -0.957. The van der Waals surface area contributed by atoms with Crippen LogP contribution in [-0.4, -0.2) is 36.0 Å². The summed E-state index contributed by atoms with van der Waals surface area (Å²) in [6, 6.07) is 9.32. The van der Waals surface area contributed by atoms with Gasteiger partial charge in [0.1, 0.15) is 0 Å². The molecule has 0 unspecified atom stereocenters. The number of rotatable bonds is 8. The lowest BCUT2D eigenvalue weighted by molar-refractivity contribution is -0.137. The van der Waals surface area contributed by atoms with E-state index in [1.165, 1.54) is 0 Å². The van der Waals surface area contributed by atoms with Gasteiger partial charge in [-0.25, -0.2) is 0 Å². The summed E-state index contributed by atoms with van der Waals surface area (Å²) in [6.45, 7) is 0.344. The van der Waals surface area contributed by atoms with Crippen molar-refractivity contribution in [1.82, 2.24) is 10.6 Å². The van der Waals surface area contributed by atoms with Gasteiger partial charge in [-0.05, 0) is 5.56 Å². The van der Waals surface area contributed by atoms with Gasteiger partial charge in [0, 0.05) is 19.5 Å². The van der Waals surface area contributed by atoms with Gasteiger partial charge in [0.05, 0.1) is 12.8 Å². The van der Waals surface area contributed by atoms with E-state index in [0.29, 0.717) is 0 Å². The smallest absolute Gasteiger partial charge is 0.305 e. The summed E-state index contributed by atoms with van der Waals surface area (Å²) >= 11 is 0. The summed E-state index contributed by atoms with van der Waals surface area (Å²) in [6.07, 6.45) is 0.313. The highest BCUT2D eigenvalue weighted by atomic mass is 16.4. The first-order chi connectivity index (χ1) is 9.58. The summed E-state index contributed by atoms with van der Waals surface area (Å²) in [5, 5.41) is 13.5. The van der Waals surface area contributed by atoms with Crippen molar-refractivity contribution < 1.29 is 19.5 Å². The molecular weight excluding hydrogens is 260 g/mol. The van der Waals surface area contributed by atoms with Gasteiger partial charge in [0.15, 0.2) is 0 Å². The van der Waals surface area contributed by atoms with Gasteiger partial charge in [-0.3, -0.25) is 14.4 Å². The third-order valence-corrected chi connectivity index (χ3v) is 2.54. The molecule has 108 valence electrons. The van der Waals surface area contributed by atoms with Crippen molar-refractivity contribution in [3.8, 4) is 0 Å². The van der Waals surface area contributed by atoms with E-state index >= 15 is 0 Å². The van der Waals surface area contributed by atoms with Gasteiger partial charge in [-0.15, -0.1) is 0 Å². The molecule has 2 amide bonds. The van der Waals surface area contributed by atoms with Crippen LogP contribution in [0.15, 0.2) is 30.3 Å². The maximum atomic E-state index is 11.6. The molecule has 0 heterocycles. The van der Waals surface area contributed by atoms with Crippen LogP contribution in [0, 0.1) is 0 Å². The zero-order valence-corrected chi connectivity index (χ0v) is 11.1. The molecule has 0 saturated carbocycles.